The van der Waals surface area contributed by atoms with E-state index in [2.05, 4.69) is 10.6 Å². The lowest BCUT2D eigenvalue weighted by atomic mass is 10.1. The molecule has 1 saturated heterocycles. The zero-order valence-electron chi connectivity index (χ0n) is 11.9. The maximum Gasteiger partial charge on any atom is 0.275 e. The lowest BCUT2D eigenvalue weighted by molar-refractivity contribution is -0.384. The van der Waals surface area contributed by atoms with Gasteiger partial charge in [0.2, 0.25) is 0 Å². The van der Waals surface area contributed by atoms with Gasteiger partial charge in [-0.15, -0.1) is 0 Å². The Hall–Kier alpha value is -1.82. The maximum atomic E-state index is 11.0. The fourth-order valence-corrected chi connectivity index (χ4v) is 2.32. The number of non-ortho nitro benzene ring substituents is 1. The number of anilines is 1. The van der Waals surface area contributed by atoms with Gasteiger partial charge in [-0.05, 0) is 33.2 Å². The van der Waals surface area contributed by atoms with E-state index in [-0.39, 0.29) is 11.8 Å². The van der Waals surface area contributed by atoms with E-state index in [0.29, 0.717) is 11.8 Å². The van der Waals surface area contributed by atoms with Crippen LogP contribution in [0.25, 0.3) is 0 Å². The van der Waals surface area contributed by atoms with Gasteiger partial charge in [0, 0.05) is 30.4 Å². The van der Waals surface area contributed by atoms with E-state index in [0.717, 1.165) is 31.6 Å². The smallest absolute Gasteiger partial charge is 0.275 e. The van der Waals surface area contributed by atoms with E-state index in [1.807, 2.05) is 19.9 Å². The van der Waals surface area contributed by atoms with Crippen molar-refractivity contribution in [3.8, 4) is 5.75 Å². The summed E-state index contributed by atoms with van der Waals surface area (Å²) < 4.78 is 5.57. The fourth-order valence-electron chi connectivity index (χ4n) is 2.32. The minimum absolute atomic E-state index is 0.0128. The van der Waals surface area contributed by atoms with Crippen molar-refractivity contribution in [1.29, 1.82) is 0 Å². The molecule has 0 bridgehead atoms. The molecule has 1 atom stereocenters. The van der Waals surface area contributed by atoms with Gasteiger partial charge in [-0.3, -0.25) is 10.1 Å². The van der Waals surface area contributed by atoms with Gasteiger partial charge in [-0.2, -0.15) is 0 Å². The molecule has 0 radical (unpaired) electrons. The second-order valence-corrected chi connectivity index (χ2v) is 5.33. The van der Waals surface area contributed by atoms with E-state index in [1.165, 1.54) is 6.07 Å². The maximum absolute atomic E-state index is 11.0. The average Bonchev–Trinajstić information content (AvgIpc) is 2.38. The number of nitrogens with zero attached hydrogens (tertiary/aromatic N) is 1. The van der Waals surface area contributed by atoms with E-state index < -0.39 is 4.92 Å². The van der Waals surface area contributed by atoms with Gasteiger partial charge in [-0.1, -0.05) is 0 Å². The minimum atomic E-state index is -0.391. The first-order valence-corrected chi connectivity index (χ1v) is 6.98. The summed E-state index contributed by atoms with van der Waals surface area (Å²) in [4.78, 5) is 10.6. The molecule has 0 saturated carbocycles. The molecule has 1 aromatic rings. The van der Waals surface area contributed by atoms with Crippen LogP contribution in [0.2, 0.25) is 0 Å². The van der Waals surface area contributed by atoms with Crippen LogP contribution in [-0.4, -0.2) is 30.2 Å². The molecule has 1 unspecified atom stereocenters. The summed E-state index contributed by atoms with van der Waals surface area (Å²) in [6.45, 7) is 5.71. The van der Waals surface area contributed by atoms with Gasteiger partial charge in [0.05, 0.1) is 17.1 Å². The van der Waals surface area contributed by atoms with Gasteiger partial charge >= 0.3 is 0 Å². The number of hydrogen-bond acceptors (Lipinski definition) is 5. The van der Waals surface area contributed by atoms with Gasteiger partial charge in [0.1, 0.15) is 5.75 Å². The van der Waals surface area contributed by atoms with Crippen molar-refractivity contribution in [2.75, 3.05) is 18.4 Å². The highest BCUT2D eigenvalue weighted by Crippen LogP contribution is 2.27. The van der Waals surface area contributed by atoms with E-state index in [9.17, 15) is 10.1 Å². The van der Waals surface area contributed by atoms with Crippen molar-refractivity contribution in [1.82, 2.24) is 5.32 Å². The Morgan fingerprint density at radius 3 is 2.85 bits per heavy atom. The van der Waals surface area contributed by atoms with Crippen LogP contribution in [-0.2, 0) is 0 Å². The molecule has 6 nitrogen and oxygen atoms in total. The fraction of sp³-hybridized carbons (Fsp3) is 0.571. The largest absolute Gasteiger partial charge is 0.491 e. The van der Waals surface area contributed by atoms with Crippen molar-refractivity contribution in [3.63, 3.8) is 0 Å². The molecule has 1 aliphatic heterocycles. The number of nitro benzene ring substituents is 1. The summed E-state index contributed by atoms with van der Waals surface area (Å²) in [5, 5.41) is 17.6. The van der Waals surface area contributed by atoms with Crippen molar-refractivity contribution in [2.24, 2.45) is 0 Å². The van der Waals surface area contributed by atoms with E-state index in [1.54, 1.807) is 6.07 Å². The molecule has 1 heterocycles. The minimum Gasteiger partial charge on any atom is -0.491 e. The predicted molar refractivity (Wildman–Crippen MR) is 78.4 cm³/mol. The second kappa shape index (κ2) is 6.56. The highest BCUT2D eigenvalue weighted by Gasteiger charge is 2.16. The van der Waals surface area contributed by atoms with E-state index in [4.69, 9.17) is 4.74 Å². The summed E-state index contributed by atoms with van der Waals surface area (Å²) in [5.74, 6) is 0.528. The van der Waals surface area contributed by atoms with Crippen molar-refractivity contribution >= 4 is 11.4 Å². The molecule has 2 rings (SSSR count). The molecule has 0 aliphatic carbocycles. The third kappa shape index (κ3) is 4.09. The van der Waals surface area contributed by atoms with Crippen molar-refractivity contribution < 1.29 is 9.66 Å². The summed E-state index contributed by atoms with van der Waals surface area (Å²) in [7, 11) is 0. The average molecular weight is 279 g/mol. The normalized spacial score (nSPS) is 18.9. The molecule has 2 N–H and O–H groups in total. The number of benzene rings is 1. The van der Waals surface area contributed by atoms with Crippen molar-refractivity contribution in [3.05, 3.63) is 28.3 Å². The first-order chi connectivity index (χ1) is 9.54. The molecule has 20 heavy (non-hydrogen) atoms. The zero-order chi connectivity index (χ0) is 14.5. The predicted octanol–water partition coefficient (Wildman–Crippen LogP) is 2.55. The van der Waals surface area contributed by atoms with Gasteiger partial charge < -0.3 is 15.4 Å². The number of hydrogen-bond donors (Lipinski definition) is 2. The Morgan fingerprint density at radius 1 is 1.45 bits per heavy atom. The van der Waals surface area contributed by atoms with Gasteiger partial charge in [0.15, 0.2) is 0 Å². The van der Waals surface area contributed by atoms with Crippen LogP contribution in [0, 0.1) is 10.1 Å². The van der Waals surface area contributed by atoms with Crippen LogP contribution >= 0.6 is 0 Å². The zero-order valence-corrected chi connectivity index (χ0v) is 11.9. The Bertz CT molecular complexity index is 471. The van der Waals surface area contributed by atoms with Crippen molar-refractivity contribution in [2.45, 2.75) is 38.8 Å². The van der Waals surface area contributed by atoms with Crippen LogP contribution in [0.1, 0.15) is 26.7 Å². The lowest BCUT2D eigenvalue weighted by Gasteiger charge is -2.25. The van der Waals surface area contributed by atoms with Crippen LogP contribution in [0.3, 0.4) is 0 Å². The Balaban J connectivity index is 2.17. The number of piperidine rings is 1. The Morgan fingerprint density at radius 2 is 2.25 bits per heavy atom. The van der Waals surface area contributed by atoms with Gasteiger partial charge in [-0.25, -0.2) is 0 Å². The monoisotopic (exact) mass is 279 g/mol. The van der Waals surface area contributed by atoms with Gasteiger partial charge in [0.25, 0.3) is 5.69 Å². The third-order valence-electron chi connectivity index (χ3n) is 3.14. The highest BCUT2D eigenvalue weighted by molar-refractivity contribution is 5.57. The molecule has 1 fully saturated rings. The van der Waals surface area contributed by atoms with Crippen LogP contribution in [0.5, 0.6) is 5.75 Å². The molecule has 1 aromatic carbocycles. The van der Waals surface area contributed by atoms with Crippen LogP contribution < -0.4 is 15.4 Å². The quantitative estimate of drug-likeness (QED) is 0.640. The van der Waals surface area contributed by atoms with Crippen LogP contribution in [0.15, 0.2) is 18.2 Å². The molecule has 110 valence electrons. The SMILES string of the molecule is CC(C)Oc1cc(NC2CCCNC2)cc([N+](=O)[O-])c1. The molecule has 6 heteroatoms. The first-order valence-electron chi connectivity index (χ1n) is 6.98. The molecule has 0 amide bonds. The third-order valence-corrected chi connectivity index (χ3v) is 3.14. The summed E-state index contributed by atoms with van der Waals surface area (Å²) in [5.41, 5.74) is 0.790. The summed E-state index contributed by atoms with van der Waals surface area (Å²) >= 11 is 0. The molecular weight excluding hydrogens is 258 g/mol. The Kier molecular flexibility index (Phi) is 4.79. The lowest BCUT2D eigenvalue weighted by Crippen LogP contribution is -2.38. The molecular formula is C14H21N3O3. The van der Waals surface area contributed by atoms with Crippen LogP contribution in [0.4, 0.5) is 11.4 Å². The first kappa shape index (κ1) is 14.6. The summed E-state index contributed by atoms with van der Waals surface area (Å²) in [6.07, 6.45) is 2.17. The molecule has 0 aromatic heterocycles. The van der Waals surface area contributed by atoms with E-state index >= 15 is 0 Å². The molecule has 0 spiro atoms. The second-order valence-electron chi connectivity index (χ2n) is 5.33. The number of rotatable bonds is 5. The Labute approximate surface area is 118 Å². The number of nitrogens with one attached hydrogen (secondary N) is 2. The topological polar surface area (TPSA) is 76.4 Å². The molecule has 1 aliphatic rings. The summed E-state index contributed by atoms with van der Waals surface area (Å²) in [6, 6.07) is 5.14. The number of ether oxygens (including phenoxy) is 1. The number of nitro groups is 1. The highest BCUT2D eigenvalue weighted by atomic mass is 16.6. The standard InChI is InChI=1S/C14H21N3O3/c1-10(2)20-14-7-12(6-13(8-14)17(18)19)16-11-4-3-5-15-9-11/h6-8,10-11,15-16H,3-5,9H2,1-2H3.